The zero-order chi connectivity index (χ0) is 22.9. The molecule has 0 amide bonds. The molecule has 4 rings (SSSR count). The molecule has 1 unspecified atom stereocenters. The molecule has 5 nitrogen and oxygen atoms in total. The fourth-order valence-corrected chi connectivity index (χ4v) is 6.19. The van der Waals surface area contributed by atoms with Crippen LogP contribution in [-0.4, -0.2) is 37.4 Å². The van der Waals surface area contributed by atoms with E-state index in [4.69, 9.17) is 0 Å². The van der Waals surface area contributed by atoms with Gasteiger partial charge in [-0.15, -0.1) is 0 Å². The summed E-state index contributed by atoms with van der Waals surface area (Å²) in [7, 11) is -3.00. The van der Waals surface area contributed by atoms with E-state index in [-0.39, 0.29) is 16.4 Å². The van der Waals surface area contributed by atoms with Crippen LogP contribution in [0.1, 0.15) is 72.4 Å². The number of carbonyl (C=O) groups is 2. The van der Waals surface area contributed by atoms with Crippen LogP contribution in [0.2, 0.25) is 0 Å². The molecule has 0 radical (unpaired) electrons. The molecule has 0 saturated carbocycles. The van der Waals surface area contributed by atoms with Gasteiger partial charge in [-0.25, -0.2) is 12.8 Å². The molecular formula is C24H26FNO4S. The quantitative estimate of drug-likeness (QED) is 0.514. The Labute approximate surface area is 182 Å². The van der Waals surface area contributed by atoms with E-state index in [0.717, 1.165) is 46.5 Å². The minimum atomic E-state index is -4.19. The number of nitrogens with zero attached hydrogens (tertiary/aromatic N) is 1. The van der Waals surface area contributed by atoms with E-state index in [0.29, 0.717) is 5.56 Å². The lowest BCUT2D eigenvalue weighted by molar-refractivity contribution is 0.0784. The number of hydrogen-bond donors (Lipinski definition) is 0. The van der Waals surface area contributed by atoms with Gasteiger partial charge in [0.25, 0.3) is 0 Å². The summed E-state index contributed by atoms with van der Waals surface area (Å²) in [6.07, 6.45) is 1.98. The summed E-state index contributed by atoms with van der Waals surface area (Å²) in [5.74, 6) is -1.98. The molecule has 1 aliphatic heterocycles. The van der Waals surface area contributed by atoms with Gasteiger partial charge in [0.15, 0.2) is 17.6 Å². The van der Waals surface area contributed by atoms with Crippen molar-refractivity contribution >= 4 is 21.6 Å². The second-order valence-corrected chi connectivity index (χ2v) is 11.8. The molecule has 0 aromatic heterocycles. The number of sulfonamides is 1. The van der Waals surface area contributed by atoms with Crippen molar-refractivity contribution < 1.29 is 22.4 Å². The average molecular weight is 444 g/mol. The summed E-state index contributed by atoms with van der Waals surface area (Å²) in [6, 6.07) is 6.89. The number of likely N-dealkylation sites (N-methyl/N-ethyl adjacent to an activating group) is 1. The first-order valence-corrected chi connectivity index (χ1v) is 11.7. The third kappa shape index (κ3) is 3.26. The van der Waals surface area contributed by atoms with Crippen molar-refractivity contribution in [2.75, 3.05) is 7.05 Å². The highest BCUT2D eigenvalue weighted by atomic mass is 32.2. The van der Waals surface area contributed by atoms with Gasteiger partial charge in [-0.2, -0.15) is 4.31 Å². The molecule has 1 atom stereocenters. The van der Waals surface area contributed by atoms with Gasteiger partial charge in [0.2, 0.25) is 10.0 Å². The van der Waals surface area contributed by atoms with Gasteiger partial charge < -0.3 is 0 Å². The van der Waals surface area contributed by atoms with Gasteiger partial charge in [-0.1, -0.05) is 39.8 Å². The Balaban J connectivity index is 1.82. The Bertz CT molecular complexity index is 1230. The molecule has 2 aromatic rings. The van der Waals surface area contributed by atoms with E-state index in [2.05, 4.69) is 27.7 Å². The molecule has 0 N–H and O–H groups in total. The van der Waals surface area contributed by atoms with Crippen LogP contribution in [0.25, 0.3) is 0 Å². The lowest BCUT2D eigenvalue weighted by atomic mass is 9.63. The maximum Gasteiger partial charge on any atom is 0.244 e. The molecular weight excluding hydrogens is 417 g/mol. The number of Topliss-reactive ketones (excluding diaryl/α,β-unsaturated/α-hetero) is 2. The highest BCUT2D eigenvalue weighted by molar-refractivity contribution is 7.89. The summed E-state index contributed by atoms with van der Waals surface area (Å²) in [6.45, 7) is 8.60. The lowest BCUT2D eigenvalue weighted by Gasteiger charge is -2.42. The van der Waals surface area contributed by atoms with E-state index in [1.807, 2.05) is 12.1 Å². The summed E-state index contributed by atoms with van der Waals surface area (Å²) in [4.78, 5) is 26.1. The van der Waals surface area contributed by atoms with E-state index < -0.39 is 38.3 Å². The summed E-state index contributed by atoms with van der Waals surface area (Å²) in [5.41, 5.74) is 2.19. The number of rotatable bonds is 2. The molecule has 0 fully saturated rings. The van der Waals surface area contributed by atoms with Crippen LogP contribution in [0.5, 0.6) is 0 Å². The summed E-state index contributed by atoms with van der Waals surface area (Å²) >= 11 is 0. The van der Waals surface area contributed by atoms with Crippen LogP contribution < -0.4 is 0 Å². The first kappa shape index (κ1) is 21.8. The van der Waals surface area contributed by atoms with Crippen LogP contribution in [0.15, 0.2) is 41.3 Å². The molecule has 0 spiro atoms. The summed E-state index contributed by atoms with van der Waals surface area (Å²) < 4.78 is 40.3. The minimum Gasteiger partial charge on any atom is -0.292 e. The van der Waals surface area contributed by atoms with Gasteiger partial charge in [0, 0.05) is 18.2 Å². The Hall–Kier alpha value is -2.38. The Kier molecular flexibility index (Phi) is 4.80. The van der Waals surface area contributed by atoms with Crippen molar-refractivity contribution in [2.45, 2.75) is 62.3 Å². The Morgan fingerprint density at radius 1 is 1.00 bits per heavy atom. The van der Waals surface area contributed by atoms with Gasteiger partial charge in [-0.3, -0.25) is 9.59 Å². The van der Waals surface area contributed by atoms with Crippen molar-refractivity contribution in [1.29, 1.82) is 0 Å². The van der Waals surface area contributed by atoms with E-state index >= 15 is 0 Å². The third-order valence-corrected chi connectivity index (χ3v) is 8.73. The van der Waals surface area contributed by atoms with Crippen LogP contribution in [-0.2, 0) is 20.9 Å². The first-order chi connectivity index (χ1) is 14.3. The van der Waals surface area contributed by atoms with E-state index in [9.17, 15) is 22.4 Å². The lowest BCUT2D eigenvalue weighted by Crippen LogP contribution is -2.51. The highest BCUT2D eigenvalue weighted by Crippen LogP contribution is 2.46. The number of hydrogen-bond acceptors (Lipinski definition) is 4. The number of halogens is 1. The maximum atomic E-state index is 13.6. The third-order valence-electron chi connectivity index (χ3n) is 6.86. The smallest absolute Gasteiger partial charge is 0.244 e. The standard InChI is InChI=1S/C24H26FNO4S/c1-23(2)10-11-24(3,4)18-12-14(6-9-17(18)23)21(27)20-22(28)16-8-7-15(25)13-19(16)31(29,30)26(20)5/h6-9,12-13,20H,10-11H2,1-5H3. The first-order valence-electron chi connectivity index (χ1n) is 10.3. The van der Waals surface area contributed by atoms with Crippen molar-refractivity contribution in [1.82, 2.24) is 4.31 Å². The molecule has 0 bridgehead atoms. The fourth-order valence-electron chi connectivity index (χ4n) is 4.70. The minimum absolute atomic E-state index is 0.0315. The van der Waals surface area contributed by atoms with Gasteiger partial charge in [-0.05, 0) is 59.1 Å². The monoisotopic (exact) mass is 443 g/mol. The second-order valence-electron chi connectivity index (χ2n) is 9.82. The zero-order valence-electron chi connectivity index (χ0n) is 18.3. The number of carbonyl (C=O) groups excluding carboxylic acids is 2. The van der Waals surface area contributed by atoms with Crippen molar-refractivity contribution in [3.63, 3.8) is 0 Å². The average Bonchev–Trinajstić information content (AvgIpc) is 2.70. The van der Waals surface area contributed by atoms with Crippen molar-refractivity contribution in [3.05, 3.63) is 64.5 Å². The van der Waals surface area contributed by atoms with Crippen LogP contribution >= 0.6 is 0 Å². The Morgan fingerprint density at radius 3 is 2.26 bits per heavy atom. The molecule has 2 aromatic carbocycles. The normalized spacial score (nSPS) is 23.7. The van der Waals surface area contributed by atoms with Crippen LogP contribution in [0, 0.1) is 5.82 Å². The van der Waals surface area contributed by atoms with Crippen LogP contribution in [0.3, 0.4) is 0 Å². The number of fused-ring (bicyclic) bond motifs is 2. The SMILES string of the molecule is CN1C(C(=O)c2ccc3c(c2)C(C)(C)CCC3(C)C)C(=O)c2ccc(F)cc2S1(=O)=O. The molecule has 31 heavy (non-hydrogen) atoms. The van der Waals surface area contributed by atoms with Crippen LogP contribution in [0.4, 0.5) is 4.39 Å². The van der Waals surface area contributed by atoms with E-state index in [1.165, 1.54) is 7.05 Å². The van der Waals surface area contributed by atoms with Gasteiger partial charge in [0.1, 0.15) is 5.82 Å². The predicted molar refractivity (Wildman–Crippen MR) is 116 cm³/mol. The highest BCUT2D eigenvalue weighted by Gasteiger charge is 2.46. The summed E-state index contributed by atoms with van der Waals surface area (Å²) in [5, 5.41) is 0. The number of benzene rings is 2. The second kappa shape index (κ2) is 6.81. The fraction of sp³-hybridized carbons (Fsp3) is 0.417. The van der Waals surface area contributed by atoms with Crippen molar-refractivity contribution in [3.8, 4) is 0 Å². The molecule has 1 aliphatic carbocycles. The largest absolute Gasteiger partial charge is 0.292 e. The Morgan fingerprint density at radius 2 is 1.61 bits per heavy atom. The molecule has 7 heteroatoms. The van der Waals surface area contributed by atoms with Gasteiger partial charge >= 0.3 is 0 Å². The molecule has 2 aliphatic rings. The predicted octanol–water partition coefficient (Wildman–Crippen LogP) is 4.24. The zero-order valence-corrected chi connectivity index (χ0v) is 19.1. The topological polar surface area (TPSA) is 71.5 Å². The molecule has 164 valence electrons. The van der Waals surface area contributed by atoms with Gasteiger partial charge in [0.05, 0.1) is 4.90 Å². The molecule has 0 saturated heterocycles. The maximum absolute atomic E-state index is 13.6. The van der Waals surface area contributed by atoms with E-state index in [1.54, 1.807) is 6.07 Å². The molecule has 1 heterocycles. The number of ketones is 2. The van der Waals surface area contributed by atoms with Crippen molar-refractivity contribution in [2.24, 2.45) is 0 Å².